The minimum Gasteiger partial charge on any atom is -0.484 e. The number of carbonyl (C=O) groups is 2. The Morgan fingerprint density at radius 2 is 1.83 bits per heavy atom. The van der Waals surface area contributed by atoms with Crippen molar-refractivity contribution in [3.63, 3.8) is 0 Å². The molecule has 0 radical (unpaired) electrons. The molecular formula is C17H20N2O4. The molecule has 0 aliphatic carbocycles. The number of hydrazine groups is 1. The highest BCUT2D eigenvalue weighted by Gasteiger charge is 2.18. The fourth-order valence-electron chi connectivity index (χ4n) is 2.21. The minimum atomic E-state index is -0.449. The van der Waals surface area contributed by atoms with Gasteiger partial charge in [-0.15, -0.1) is 0 Å². The zero-order chi connectivity index (χ0) is 17.0. The number of hydrogen-bond donors (Lipinski definition) is 2. The predicted octanol–water partition coefficient (Wildman–Crippen LogP) is 2.35. The van der Waals surface area contributed by atoms with Crippen LogP contribution < -0.4 is 15.6 Å². The number of carbonyl (C=O) groups excluding carboxylic acids is 2. The fraction of sp³-hybridized carbons (Fsp3) is 0.294. The predicted molar refractivity (Wildman–Crippen MR) is 85.2 cm³/mol. The number of benzene rings is 1. The van der Waals surface area contributed by atoms with Crippen LogP contribution in [0.25, 0.3) is 0 Å². The van der Waals surface area contributed by atoms with Crippen LogP contribution in [-0.4, -0.2) is 18.4 Å². The molecule has 122 valence electrons. The van der Waals surface area contributed by atoms with Crippen LogP contribution in [0.3, 0.4) is 0 Å². The summed E-state index contributed by atoms with van der Waals surface area (Å²) in [6, 6.07) is 7.37. The lowest BCUT2D eigenvalue weighted by atomic mass is 10.1. The Hall–Kier alpha value is -2.76. The Balaban J connectivity index is 1.85. The van der Waals surface area contributed by atoms with Crippen molar-refractivity contribution < 1.29 is 18.7 Å². The normalized spacial score (nSPS) is 10.3. The summed E-state index contributed by atoms with van der Waals surface area (Å²) in [7, 11) is 0. The van der Waals surface area contributed by atoms with E-state index in [1.54, 1.807) is 26.8 Å². The molecule has 2 aromatic rings. The molecule has 0 saturated heterocycles. The highest BCUT2D eigenvalue weighted by Crippen LogP contribution is 2.20. The first-order valence-electron chi connectivity index (χ1n) is 7.23. The van der Waals surface area contributed by atoms with Crippen molar-refractivity contribution in [2.75, 3.05) is 6.61 Å². The van der Waals surface area contributed by atoms with Gasteiger partial charge in [0.15, 0.2) is 6.61 Å². The van der Waals surface area contributed by atoms with Gasteiger partial charge in [0.25, 0.3) is 11.8 Å². The highest BCUT2D eigenvalue weighted by molar-refractivity contribution is 5.97. The first-order chi connectivity index (χ1) is 10.9. The largest absolute Gasteiger partial charge is 0.484 e. The second kappa shape index (κ2) is 7.00. The molecule has 2 rings (SSSR count). The van der Waals surface area contributed by atoms with Crippen molar-refractivity contribution >= 4 is 11.8 Å². The van der Waals surface area contributed by atoms with Crippen molar-refractivity contribution in [2.24, 2.45) is 0 Å². The van der Waals surface area contributed by atoms with Crippen LogP contribution in [-0.2, 0) is 4.79 Å². The van der Waals surface area contributed by atoms with Crippen LogP contribution in [0.15, 0.2) is 28.7 Å². The van der Waals surface area contributed by atoms with Crippen LogP contribution in [0.4, 0.5) is 0 Å². The second-order valence-corrected chi connectivity index (χ2v) is 5.32. The molecule has 1 aromatic carbocycles. The summed E-state index contributed by atoms with van der Waals surface area (Å²) < 4.78 is 10.7. The molecule has 23 heavy (non-hydrogen) atoms. The standard InChI is InChI=1S/C17H20N2O4/c1-10-6-5-7-14(8-10)22-9-15(20)18-19-17(21)16-11(2)12(3)23-13(16)4/h5-8H,9H2,1-4H3,(H,18,20)(H,19,21). The Kier molecular flexibility index (Phi) is 5.05. The van der Waals surface area contributed by atoms with Gasteiger partial charge in [-0.1, -0.05) is 12.1 Å². The van der Waals surface area contributed by atoms with E-state index >= 15 is 0 Å². The van der Waals surface area contributed by atoms with Crippen LogP contribution in [0, 0.1) is 27.7 Å². The summed E-state index contributed by atoms with van der Waals surface area (Å²) >= 11 is 0. The number of nitrogens with one attached hydrogen (secondary N) is 2. The Labute approximate surface area is 134 Å². The van der Waals surface area contributed by atoms with E-state index in [1.165, 1.54) is 0 Å². The molecule has 0 aliphatic heterocycles. The van der Waals surface area contributed by atoms with E-state index in [2.05, 4.69) is 10.9 Å². The van der Waals surface area contributed by atoms with Gasteiger partial charge < -0.3 is 9.15 Å². The van der Waals surface area contributed by atoms with Crippen LogP contribution in [0.1, 0.15) is 33.0 Å². The van der Waals surface area contributed by atoms with Crippen molar-refractivity contribution in [3.8, 4) is 5.75 Å². The van der Waals surface area contributed by atoms with E-state index in [1.807, 2.05) is 25.1 Å². The molecule has 0 saturated carbocycles. The first kappa shape index (κ1) is 16.6. The monoisotopic (exact) mass is 316 g/mol. The van der Waals surface area contributed by atoms with Gasteiger partial charge in [-0.25, -0.2) is 0 Å². The quantitative estimate of drug-likeness (QED) is 0.849. The summed E-state index contributed by atoms with van der Waals surface area (Å²) in [5.41, 5.74) is 6.91. The molecular weight excluding hydrogens is 296 g/mol. The van der Waals surface area contributed by atoms with Gasteiger partial charge >= 0.3 is 0 Å². The number of amides is 2. The molecule has 2 amide bonds. The third-order valence-corrected chi connectivity index (χ3v) is 3.46. The first-order valence-corrected chi connectivity index (χ1v) is 7.23. The van der Waals surface area contributed by atoms with Gasteiger partial charge in [-0.05, 0) is 45.4 Å². The number of rotatable bonds is 4. The molecule has 6 heteroatoms. The lowest BCUT2D eigenvalue weighted by Crippen LogP contribution is -2.44. The molecule has 1 heterocycles. The zero-order valence-corrected chi connectivity index (χ0v) is 13.6. The van der Waals surface area contributed by atoms with E-state index in [4.69, 9.17) is 9.15 Å². The van der Waals surface area contributed by atoms with Gasteiger partial charge in [-0.3, -0.25) is 20.4 Å². The number of hydrogen-bond acceptors (Lipinski definition) is 4. The summed E-state index contributed by atoms with van der Waals surface area (Å²) in [4.78, 5) is 23.8. The van der Waals surface area contributed by atoms with E-state index in [9.17, 15) is 9.59 Å². The smallest absolute Gasteiger partial charge is 0.276 e. The second-order valence-electron chi connectivity index (χ2n) is 5.32. The molecule has 0 atom stereocenters. The van der Waals surface area contributed by atoms with Crippen LogP contribution in [0.2, 0.25) is 0 Å². The molecule has 2 N–H and O–H groups in total. The van der Waals surface area contributed by atoms with Crippen molar-refractivity contribution in [3.05, 3.63) is 52.5 Å². The lowest BCUT2D eigenvalue weighted by molar-refractivity contribution is -0.123. The number of ether oxygens (including phenoxy) is 1. The number of furan rings is 1. The molecule has 0 aliphatic rings. The molecule has 1 aromatic heterocycles. The lowest BCUT2D eigenvalue weighted by Gasteiger charge is -2.09. The van der Waals surface area contributed by atoms with Crippen LogP contribution in [0.5, 0.6) is 5.75 Å². The van der Waals surface area contributed by atoms with Gasteiger partial charge in [0, 0.05) is 5.56 Å². The summed E-state index contributed by atoms with van der Waals surface area (Å²) in [6.07, 6.45) is 0. The zero-order valence-electron chi connectivity index (χ0n) is 13.6. The summed E-state index contributed by atoms with van der Waals surface area (Å²) in [6.45, 7) is 7.03. The Morgan fingerprint density at radius 1 is 1.09 bits per heavy atom. The third-order valence-electron chi connectivity index (χ3n) is 3.46. The van der Waals surface area contributed by atoms with E-state index < -0.39 is 11.8 Å². The Morgan fingerprint density at radius 3 is 2.43 bits per heavy atom. The molecule has 0 bridgehead atoms. The fourth-order valence-corrected chi connectivity index (χ4v) is 2.21. The van der Waals surface area contributed by atoms with E-state index in [0.29, 0.717) is 22.8 Å². The average molecular weight is 316 g/mol. The average Bonchev–Trinajstić information content (AvgIpc) is 2.76. The summed E-state index contributed by atoms with van der Waals surface area (Å²) in [5.74, 6) is 0.935. The van der Waals surface area contributed by atoms with E-state index in [0.717, 1.165) is 11.1 Å². The van der Waals surface area contributed by atoms with Gasteiger partial charge in [0.05, 0.1) is 5.56 Å². The van der Waals surface area contributed by atoms with Crippen LogP contribution >= 0.6 is 0 Å². The van der Waals surface area contributed by atoms with Gasteiger partial charge in [-0.2, -0.15) is 0 Å². The minimum absolute atomic E-state index is 0.188. The number of aryl methyl sites for hydroxylation is 3. The highest BCUT2D eigenvalue weighted by atomic mass is 16.5. The van der Waals surface area contributed by atoms with Crippen molar-refractivity contribution in [2.45, 2.75) is 27.7 Å². The van der Waals surface area contributed by atoms with Gasteiger partial charge in [0.2, 0.25) is 0 Å². The maximum atomic E-state index is 12.1. The molecule has 0 spiro atoms. The molecule has 0 unspecified atom stereocenters. The molecule has 0 fully saturated rings. The molecule has 6 nitrogen and oxygen atoms in total. The maximum absolute atomic E-state index is 12.1. The summed E-state index contributed by atoms with van der Waals surface area (Å²) in [5, 5.41) is 0. The van der Waals surface area contributed by atoms with Crippen molar-refractivity contribution in [1.29, 1.82) is 0 Å². The Bertz CT molecular complexity index is 734. The van der Waals surface area contributed by atoms with Crippen molar-refractivity contribution in [1.82, 2.24) is 10.9 Å². The SMILES string of the molecule is Cc1cccc(OCC(=O)NNC(=O)c2c(C)oc(C)c2C)c1. The topological polar surface area (TPSA) is 80.6 Å². The third kappa shape index (κ3) is 4.12. The maximum Gasteiger partial charge on any atom is 0.276 e. The van der Waals surface area contributed by atoms with E-state index in [-0.39, 0.29) is 6.61 Å². The van der Waals surface area contributed by atoms with Gasteiger partial charge in [0.1, 0.15) is 17.3 Å².